The summed E-state index contributed by atoms with van der Waals surface area (Å²) in [6.45, 7) is 0. The lowest BCUT2D eigenvalue weighted by Gasteiger charge is -2.25. The minimum Gasteiger partial charge on any atom is -0.461 e. The zero-order valence-corrected chi connectivity index (χ0v) is 15.8. The molecule has 2 heterocycles. The highest BCUT2D eigenvalue weighted by Gasteiger charge is 2.25. The van der Waals surface area contributed by atoms with Gasteiger partial charge in [0.1, 0.15) is 0 Å². The molecule has 0 aliphatic heterocycles. The molecule has 0 spiro atoms. The minimum absolute atomic E-state index is 0.0519. The van der Waals surface area contributed by atoms with Gasteiger partial charge in [-0.15, -0.1) is 10.2 Å². The average Bonchev–Trinajstić information content (AvgIpc) is 3.37. The summed E-state index contributed by atoms with van der Waals surface area (Å²) in [5.41, 5.74) is 0.799. The molecule has 1 aliphatic rings. The van der Waals surface area contributed by atoms with Crippen LogP contribution in [0.15, 0.2) is 58.3 Å². The summed E-state index contributed by atoms with van der Waals surface area (Å²) >= 11 is 1.42. The first-order valence-corrected chi connectivity index (χ1v) is 10.3. The van der Waals surface area contributed by atoms with Crippen molar-refractivity contribution < 1.29 is 9.21 Å². The first-order chi connectivity index (χ1) is 13.3. The van der Waals surface area contributed by atoms with E-state index in [-0.39, 0.29) is 11.7 Å². The van der Waals surface area contributed by atoms with Crippen LogP contribution in [0.5, 0.6) is 0 Å². The molecule has 0 saturated heterocycles. The van der Waals surface area contributed by atoms with Gasteiger partial charge in [-0.3, -0.25) is 9.36 Å². The van der Waals surface area contributed by atoms with Gasteiger partial charge >= 0.3 is 0 Å². The predicted octanol–water partition coefficient (Wildman–Crippen LogP) is 4.77. The van der Waals surface area contributed by atoms with Crippen LogP contribution in [-0.4, -0.2) is 26.4 Å². The minimum atomic E-state index is -0.0519. The zero-order valence-electron chi connectivity index (χ0n) is 15.0. The monoisotopic (exact) mass is 382 g/mol. The number of nitrogens with one attached hydrogen (secondary N) is 1. The normalized spacial score (nSPS) is 15.0. The molecule has 6 nitrogen and oxygen atoms in total. The lowest BCUT2D eigenvalue weighted by Crippen LogP contribution is -2.17. The summed E-state index contributed by atoms with van der Waals surface area (Å²) in [7, 11) is 0. The largest absolute Gasteiger partial charge is 0.461 e. The molecule has 1 aromatic carbocycles. The lowest BCUT2D eigenvalue weighted by atomic mass is 9.95. The first-order valence-electron chi connectivity index (χ1n) is 9.28. The van der Waals surface area contributed by atoms with E-state index in [1.807, 2.05) is 42.5 Å². The fourth-order valence-corrected chi connectivity index (χ4v) is 4.27. The number of nitrogens with zero attached hydrogens (tertiary/aromatic N) is 3. The number of rotatable bonds is 6. The second-order valence-corrected chi connectivity index (χ2v) is 7.59. The van der Waals surface area contributed by atoms with Crippen LogP contribution in [0.25, 0.3) is 11.6 Å². The molecular formula is C20H22N4O2S. The molecule has 1 fully saturated rings. The Morgan fingerprint density at radius 1 is 1.11 bits per heavy atom. The molecule has 0 unspecified atom stereocenters. The topological polar surface area (TPSA) is 73.0 Å². The van der Waals surface area contributed by atoms with E-state index in [4.69, 9.17) is 4.42 Å². The third kappa shape index (κ3) is 4.24. The highest BCUT2D eigenvalue weighted by Crippen LogP contribution is 2.35. The SMILES string of the molecule is O=C(CSc1nnc(-c2ccco2)n1C1CCCCC1)Nc1ccccc1. The molecule has 0 radical (unpaired) electrons. The van der Waals surface area contributed by atoms with Crippen molar-refractivity contribution in [1.29, 1.82) is 0 Å². The van der Waals surface area contributed by atoms with E-state index in [0.29, 0.717) is 11.8 Å². The molecular weight excluding hydrogens is 360 g/mol. The average molecular weight is 382 g/mol. The Kier molecular flexibility index (Phi) is 5.58. The number of hydrogen-bond donors (Lipinski definition) is 1. The maximum Gasteiger partial charge on any atom is 0.234 e. The van der Waals surface area contributed by atoms with Gasteiger partial charge in [0.25, 0.3) is 0 Å². The number of carbonyl (C=O) groups excluding carboxylic acids is 1. The molecule has 0 atom stereocenters. The van der Waals surface area contributed by atoms with Crippen molar-refractivity contribution in [2.45, 2.75) is 43.3 Å². The number of anilines is 1. The van der Waals surface area contributed by atoms with Crippen LogP contribution in [0.1, 0.15) is 38.1 Å². The van der Waals surface area contributed by atoms with Gasteiger partial charge < -0.3 is 9.73 Å². The second-order valence-electron chi connectivity index (χ2n) is 6.65. The maximum atomic E-state index is 12.3. The third-order valence-electron chi connectivity index (χ3n) is 4.74. The third-order valence-corrected chi connectivity index (χ3v) is 5.68. The Morgan fingerprint density at radius 3 is 2.67 bits per heavy atom. The van der Waals surface area contributed by atoms with Crippen LogP contribution >= 0.6 is 11.8 Å². The number of amides is 1. The molecule has 1 amide bonds. The van der Waals surface area contributed by atoms with Gasteiger partial charge in [-0.2, -0.15) is 0 Å². The number of benzene rings is 1. The van der Waals surface area contributed by atoms with Gasteiger partial charge in [-0.1, -0.05) is 49.2 Å². The van der Waals surface area contributed by atoms with Crippen molar-refractivity contribution >= 4 is 23.4 Å². The van der Waals surface area contributed by atoms with Crippen molar-refractivity contribution in [1.82, 2.24) is 14.8 Å². The van der Waals surface area contributed by atoms with E-state index in [9.17, 15) is 4.79 Å². The molecule has 3 aromatic rings. The van der Waals surface area contributed by atoms with E-state index in [0.717, 1.165) is 29.5 Å². The van der Waals surface area contributed by atoms with Gasteiger partial charge in [0.05, 0.1) is 12.0 Å². The summed E-state index contributed by atoms with van der Waals surface area (Å²) in [6, 6.07) is 13.6. The smallest absolute Gasteiger partial charge is 0.234 e. The Balaban J connectivity index is 1.51. The quantitative estimate of drug-likeness (QED) is 0.622. The van der Waals surface area contributed by atoms with E-state index < -0.39 is 0 Å². The fourth-order valence-electron chi connectivity index (χ4n) is 3.47. The molecule has 1 aliphatic carbocycles. The number of para-hydroxylation sites is 1. The molecule has 7 heteroatoms. The Morgan fingerprint density at radius 2 is 1.93 bits per heavy atom. The Hall–Kier alpha value is -2.54. The molecule has 2 aromatic heterocycles. The molecule has 4 rings (SSSR count). The number of carbonyl (C=O) groups is 1. The summed E-state index contributed by atoms with van der Waals surface area (Å²) < 4.78 is 7.72. The fraction of sp³-hybridized carbons (Fsp3) is 0.350. The van der Waals surface area contributed by atoms with Gasteiger partial charge in [0, 0.05) is 11.7 Å². The highest BCUT2D eigenvalue weighted by atomic mass is 32.2. The molecule has 1 N–H and O–H groups in total. The molecule has 27 heavy (non-hydrogen) atoms. The van der Waals surface area contributed by atoms with E-state index in [1.165, 1.54) is 31.0 Å². The van der Waals surface area contributed by atoms with Crippen molar-refractivity contribution in [3.63, 3.8) is 0 Å². The second kappa shape index (κ2) is 8.43. The van der Waals surface area contributed by atoms with Gasteiger partial charge in [-0.25, -0.2) is 0 Å². The van der Waals surface area contributed by atoms with Crippen molar-refractivity contribution in [3.8, 4) is 11.6 Å². The Bertz CT molecular complexity index is 871. The van der Waals surface area contributed by atoms with Crippen LogP contribution in [0, 0.1) is 0 Å². The summed E-state index contributed by atoms with van der Waals surface area (Å²) in [6.07, 6.45) is 7.55. The summed E-state index contributed by atoms with van der Waals surface area (Å²) in [4.78, 5) is 12.3. The van der Waals surface area contributed by atoms with Crippen LogP contribution in [0.4, 0.5) is 5.69 Å². The number of furan rings is 1. The number of thioether (sulfide) groups is 1. The Labute approximate surface area is 162 Å². The van der Waals surface area contributed by atoms with E-state index in [1.54, 1.807) is 6.26 Å². The van der Waals surface area contributed by atoms with Crippen molar-refractivity contribution in [3.05, 3.63) is 48.7 Å². The van der Waals surface area contributed by atoms with E-state index >= 15 is 0 Å². The van der Waals surface area contributed by atoms with Crippen molar-refractivity contribution in [2.24, 2.45) is 0 Å². The van der Waals surface area contributed by atoms with Crippen LogP contribution in [0.3, 0.4) is 0 Å². The van der Waals surface area contributed by atoms with Gasteiger partial charge in [0.15, 0.2) is 10.9 Å². The molecule has 0 bridgehead atoms. The summed E-state index contributed by atoms with van der Waals surface area (Å²) in [5, 5.41) is 12.4. The molecule has 140 valence electrons. The standard InChI is InChI=1S/C20H22N4O2S/c25-18(21-15-8-3-1-4-9-15)14-27-20-23-22-19(17-12-7-13-26-17)24(20)16-10-5-2-6-11-16/h1,3-4,7-9,12-13,16H,2,5-6,10-11,14H2,(H,21,25). The highest BCUT2D eigenvalue weighted by molar-refractivity contribution is 7.99. The predicted molar refractivity (Wildman–Crippen MR) is 106 cm³/mol. The van der Waals surface area contributed by atoms with Crippen LogP contribution in [-0.2, 0) is 4.79 Å². The van der Waals surface area contributed by atoms with Gasteiger partial charge in [-0.05, 0) is 37.1 Å². The zero-order chi connectivity index (χ0) is 18.5. The van der Waals surface area contributed by atoms with Crippen LogP contribution in [0.2, 0.25) is 0 Å². The first kappa shape index (κ1) is 17.9. The lowest BCUT2D eigenvalue weighted by molar-refractivity contribution is -0.113. The molecule has 1 saturated carbocycles. The maximum absolute atomic E-state index is 12.3. The number of hydrogen-bond acceptors (Lipinski definition) is 5. The summed E-state index contributed by atoms with van der Waals surface area (Å²) in [5.74, 6) is 1.70. The number of aromatic nitrogens is 3. The van der Waals surface area contributed by atoms with Gasteiger partial charge in [0.2, 0.25) is 11.7 Å². The van der Waals surface area contributed by atoms with Crippen molar-refractivity contribution in [2.75, 3.05) is 11.1 Å². The van der Waals surface area contributed by atoms with Crippen LogP contribution < -0.4 is 5.32 Å². The van der Waals surface area contributed by atoms with E-state index in [2.05, 4.69) is 20.1 Å².